The zero-order valence-electron chi connectivity index (χ0n) is 9.91. The summed E-state index contributed by atoms with van der Waals surface area (Å²) in [4.78, 5) is 22.0. The predicted octanol–water partition coefficient (Wildman–Crippen LogP) is 2.59. The SMILES string of the molecule is Brc1ccccc1.O=C1NC(=O)C2(CCCC2)N1. The number of amides is 3. The van der Waals surface area contributed by atoms with Crippen molar-refractivity contribution in [2.24, 2.45) is 0 Å². The molecular formula is C13H15BrN2O2. The summed E-state index contributed by atoms with van der Waals surface area (Å²) in [5.41, 5.74) is -0.531. The molecular weight excluding hydrogens is 296 g/mol. The molecule has 2 fully saturated rings. The first-order chi connectivity index (χ1) is 8.62. The minimum absolute atomic E-state index is 0.139. The molecule has 0 atom stereocenters. The first-order valence-electron chi connectivity index (χ1n) is 5.97. The van der Waals surface area contributed by atoms with E-state index in [2.05, 4.69) is 26.6 Å². The third-order valence-electron chi connectivity index (χ3n) is 3.20. The highest BCUT2D eigenvalue weighted by atomic mass is 79.9. The summed E-state index contributed by atoms with van der Waals surface area (Å²) in [5, 5.41) is 4.94. The first-order valence-corrected chi connectivity index (χ1v) is 6.76. The molecule has 0 bridgehead atoms. The van der Waals surface area contributed by atoms with Crippen LogP contribution < -0.4 is 10.6 Å². The van der Waals surface area contributed by atoms with Gasteiger partial charge >= 0.3 is 6.03 Å². The summed E-state index contributed by atoms with van der Waals surface area (Å²) in [6.07, 6.45) is 3.66. The van der Waals surface area contributed by atoms with Gasteiger partial charge in [-0.05, 0) is 25.0 Å². The Labute approximate surface area is 114 Å². The van der Waals surface area contributed by atoms with E-state index in [0.717, 1.165) is 30.2 Å². The number of halogens is 1. The van der Waals surface area contributed by atoms with Gasteiger partial charge in [0.15, 0.2) is 0 Å². The molecule has 96 valence electrons. The monoisotopic (exact) mass is 310 g/mol. The van der Waals surface area contributed by atoms with Crippen molar-refractivity contribution < 1.29 is 9.59 Å². The minimum atomic E-state index is -0.531. The number of nitrogens with one attached hydrogen (secondary N) is 2. The van der Waals surface area contributed by atoms with Crippen molar-refractivity contribution in [1.29, 1.82) is 0 Å². The van der Waals surface area contributed by atoms with Crippen LogP contribution in [0.15, 0.2) is 34.8 Å². The Morgan fingerprint density at radius 2 is 1.67 bits per heavy atom. The van der Waals surface area contributed by atoms with Crippen LogP contribution >= 0.6 is 15.9 Å². The van der Waals surface area contributed by atoms with Crippen molar-refractivity contribution in [2.45, 2.75) is 31.2 Å². The third kappa shape index (κ3) is 2.90. The lowest BCUT2D eigenvalue weighted by Crippen LogP contribution is -2.43. The Bertz CT molecular complexity index is 442. The van der Waals surface area contributed by atoms with Crippen molar-refractivity contribution >= 4 is 27.9 Å². The van der Waals surface area contributed by atoms with Crippen LogP contribution in [0.4, 0.5) is 4.79 Å². The Balaban J connectivity index is 0.000000149. The molecule has 1 aliphatic carbocycles. The molecule has 5 heteroatoms. The molecule has 0 radical (unpaired) electrons. The van der Waals surface area contributed by atoms with E-state index < -0.39 is 5.54 Å². The van der Waals surface area contributed by atoms with Gasteiger partial charge < -0.3 is 5.32 Å². The first kappa shape index (κ1) is 13.1. The van der Waals surface area contributed by atoms with Gasteiger partial charge in [0, 0.05) is 4.47 Å². The Morgan fingerprint density at radius 1 is 1.06 bits per heavy atom. The zero-order chi connectivity index (χ0) is 13.0. The lowest BCUT2D eigenvalue weighted by molar-refractivity contribution is -0.123. The number of carbonyl (C=O) groups excluding carboxylic acids is 2. The molecule has 1 saturated heterocycles. The maximum atomic E-state index is 11.2. The minimum Gasteiger partial charge on any atom is -0.323 e. The molecule has 4 nitrogen and oxygen atoms in total. The largest absolute Gasteiger partial charge is 0.323 e. The Morgan fingerprint density at radius 3 is 2.06 bits per heavy atom. The highest BCUT2D eigenvalue weighted by molar-refractivity contribution is 9.10. The van der Waals surface area contributed by atoms with Crippen LogP contribution in [0, 0.1) is 0 Å². The summed E-state index contributed by atoms with van der Waals surface area (Å²) >= 11 is 3.31. The molecule has 1 saturated carbocycles. The summed E-state index contributed by atoms with van der Waals surface area (Å²) < 4.78 is 1.13. The zero-order valence-corrected chi connectivity index (χ0v) is 11.5. The molecule has 2 aliphatic rings. The quantitative estimate of drug-likeness (QED) is 0.724. The van der Waals surface area contributed by atoms with E-state index >= 15 is 0 Å². The van der Waals surface area contributed by atoms with Crippen molar-refractivity contribution in [2.75, 3.05) is 0 Å². The second-order valence-corrected chi connectivity index (χ2v) is 5.41. The smallest absolute Gasteiger partial charge is 0.322 e. The van der Waals surface area contributed by atoms with Gasteiger partial charge in [0.05, 0.1) is 0 Å². The topological polar surface area (TPSA) is 58.2 Å². The van der Waals surface area contributed by atoms with E-state index in [1.54, 1.807) is 0 Å². The highest BCUT2D eigenvalue weighted by Gasteiger charge is 2.47. The van der Waals surface area contributed by atoms with Gasteiger partial charge in [-0.2, -0.15) is 0 Å². The molecule has 0 unspecified atom stereocenters. The van der Waals surface area contributed by atoms with Crippen molar-refractivity contribution in [3.05, 3.63) is 34.8 Å². The average molecular weight is 311 g/mol. The number of carbonyl (C=O) groups is 2. The van der Waals surface area contributed by atoms with E-state index in [-0.39, 0.29) is 11.9 Å². The highest BCUT2D eigenvalue weighted by Crippen LogP contribution is 2.31. The Hall–Kier alpha value is -1.36. The fourth-order valence-electron chi connectivity index (χ4n) is 2.27. The molecule has 1 spiro atoms. The van der Waals surface area contributed by atoms with Crippen LogP contribution in [0.5, 0.6) is 0 Å². The number of imide groups is 1. The van der Waals surface area contributed by atoms with E-state index in [9.17, 15) is 9.59 Å². The normalized spacial score (nSPS) is 20.1. The van der Waals surface area contributed by atoms with Crippen LogP contribution in [-0.4, -0.2) is 17.5 Å². The maximum Gasteiger partial charge on any atom is 0.322 e. The molecule has 0 aromatic heterocycles. The lowest BCUT2D eigenvalue weighted by Gasteiger charge is -2.17. The average Bonchev–Trinajstić information content (AvgIpc) is 2.90. The molecule has 18 heavy (non-hydrogen) atoms. The van der Waals surface area contributed by atoms with E-state index in [1.165, 1.54) is 0 Å². The predicted molar refractivity (Wildman–Crippen MR) is 72.0 cm³/mol. The number of urea groups is 1. The number of hydrogen-bond acceptors (Lipinski definition) is 2. The van der Waals surface area contributed by atoms with E-state index in [4.69, 9.17) is 0 Å². The van der Waals surface area contributed by atoms with Gasteiger partial charge in [0.2, 0.25) is 0 Å². The Kier molecular flexibility index (Phi) is 4.01. The van der Waals surface area contributed by atoms with Gasteiger partial charge in [-0.25, -0.2) is 4.79 Å². The molecule has 3 amide bonds. The second kappa shape index (κ2) is 5.52. The molecule has 1 heterocycles. The molecule has 2 N–H and O–H groups in total. The van der Waals surface area contributed by atoms with E-state index in [1.807, 2.05) is 30.3 Å². The van der Waals surface area contributed by atoms with Crippen LogP contribution in [0.25, 0.3) is 0 Å². The third-order valence-corrected chi connectivity index (χ3v) is 3.73. The summed E-state index contributed by atoms with van der Waals surface area (Å²) in [6.45, 7) is 0. The summed E-state index contributed by atoms with van der Waals surface area (Å²) in [5.74, 6) is -0.139. The van der Waals surface area contributed by atoms with Crippen LogP contribution in [0.1, 0.15) is 25.7 Å². The maximum absolute atomic E-state index is 11.2. The van der Waals surface area contributed by atoms with E-state index in [0.29, 0.717) is 0 Å². The molecule has 1 aromatic rings. The van der Waals surface area contributed by atoms with Crippen molar-refractivity contribution in [3.63, 3.8) is 0 Å². The standard InChI is InChI=1S/C7H10N2O2.C6H5Br/c10-5-7(3-1-2-4-7)9-6(11)8-5;7-6-4-2-1-3-5-6/h1-4H2,(H2,8,9,10,11);1-5H. The van der Waals surface area contributed by atoms with Crippen LogP contribution in [0.3, 0.4) is 0 Å². The number of hydrogen-bond donors (Lipinski definition) is 2. The fourth-order valence-corrected chi connectivity index (χ4v) is 2.58. The van der Waals surface area contributed by atoms with Gasteiger partial charge in [-0.3, -0.25) is 10.1 Å². The fraction of sp³-hybridized carbons (Fsp3) is 0.385. The van der Waals surface area contributed by atoms with Crippen molar-refractivity contribution in [1.82, 2.24) is 10.6 Å². The number of benzene rings is 1. The molecule has 1 aromatic carbocycles. The van der Waals surface area contributed by atoms with Crippen LogP contribution in [-0.2, 0) is 4.79 Å². The van der Waals surface area contributed by atoms with Gasteiger partial charge in [0.25, 0.3) is 5.91 Å². The van der Waals surface area contributed by atoms with Gasteiger partial charge in [-0.15, -0.1) is 0 Å². The lowest BCUT2D eigenvalue weighted by atomic mass is 9.99. The second-order valence-electron chi connectivity index (χ2n) is 4.49. The van der Waals surface area contributed by atoms with Crippen LogP contribution in [0.2, 0.25) is 0 Å². The summed E-state index contributed by atoms with van der Waals surface area (Å²) in [6, 6.07) is 9.63. The molecule has 3 rings (SSSR count). The van der Waals surface area contributed by atoms with Crippen molar-refractivity contribution in [3.8, 4) is 0 Å². The van der Waals surface area contributed by atoms with Gasteiger partial charge in [-0.1, -0.05) is 47.0 Å². The molecule has 1 aliphatic heterocycles. The number of rotatable bonds is 0. The van der Waals surface area contributed by atoms with Gasteiger partial charge in [0.1, 0.15) is 5.54 Å². The summed E-state index contributed by atoms with van der Waals surface area (Å²) in [7, 11) is 0.